The second kappa shape index (κ2) is 3.63. The molecule has 2 bridgehead atoms. The molecule has 5 atom stereocenters. The third kappa shape index (κ3) is 1.48. The van der Waals surface area contributed by atoms with E-state index in [0.717, 1.165) is 6.42 Å². The smallest absolute Gasteiger partial charge is 0.308 e. The van der Waals surface area contributed by atoms with Crippen molar-refractivity contribution in [2.75, 3.05) is 0 Å². The highest BCUT2D eigenvalue weighted by Gasteiger charge is 2.61. The Morgan fingerprint density at radius 2 is 1.93 bits per heavy atom. The molecule has 88 valence electrons. The summed E-state index contributed by atoms with van der Waals surface area (Å²) in [7, 11) is 0. The van der Waals surface area contributed by atoms with Crippen LogP contribution in [0, 0.1) is 29.1 Å². The maximum atomic E-state index is 11.1. The number of rotatable bonds is 1. The van der Waals surface area contributed by atoms with Gasteiger partial charge in [0.05, 0.1) is 5.92 Å². The lowest BCUT2D eigenvalue weighted by molar-refractivity contribution is -0.173. The van der Waals surface area contributed by atoms with Crippen molar-refractivity contribution in [2.24, 2.45) is 34.8 Å². The highest BCUT2D eigenvalue weighted by atomic mass is 35.5. The van der Waals surface area contributed by atoms with Crippen LogP contribution in [0.5, 0.6) is 0 Å². The summed E-state index contributed by atoms with van der Waals surface area (Å²) in [6.45, 7) is 6.49. The fourth-order valence-corrected chi connectivity index (χ4v) is 3.78. The normalized spacial score (nSPS) is 46.3. The van der Waals surface area contributed by atoms with Crippen LogP contribution < -0.4 is 5.73 Å². The largest absolute Gasteiger partial charge is 0.481 e. The van der Waals surface area contributed by atoms with Crippen LogP contribution in [0.4, 0.5) is 0 Å². The monoisotopic (exact) mass is 233 g/mol. The number of carbonyl (C=O) groups is 1. The van der Waals surface area contributed by atoms with Crippen molar-refractivity contribution in [2.45, 2.75) is 33.2 Å². The van der Waals surface area contributed by atoms with E-state index in [4.69, 9.17) is 10.8 Å². The molecule has 5 unspecified atom stereocenters. The Morgan fingerprint density at radius 3 is 2.27 bits per heavy atom. The molecule has 0 aromatic rings. The fourth-order valence-electron chi connectivity index (χ4n) is 3.78. The molecule has 3 aliphatic rings. The average molecular weight is 234 g/mol. The topological polar surface area (TPSA) is 63.3 Å². The van der Waals surface area contributed by atoms with Crippen LogP contribution in [0.25, 0.3) is 0 Å². The lowest BCUT2D eigenvalue weighted by Crippen LogP contribution is -2.66. The molecule has 3 nitrogen and oxygen atoms in total. The van der Waals surface area contributed by atoms with Gasteiger partial charge in [-0.15, -0.1) is 12.4 Å². The highest BCUT2D eigenvalue weighted by molar-refractivity contribution is 5.85. The summed E-state index contributed by atoms with van der Waals surface area (Å²) in [5.74, 6) is 0.141. The lowest BCUT2D eigenvalue weighted by Gasteiger charge is -2.63. The zero-order valence-electron chi connectivity index (χ0n) is 9.43. The Labute approximate surface area is 96.8 Å². The number of halogens is 1. The third-order valence-corrected chi connectivity index (χ3v) is 4.78. The molecule has 3 saturated carbocycles. The van der Waals surface area contributed by atoms with Gasteiger partial charge in [-0.25, -0.2) is 0 Å². The van der Waals surface area contributed by atoms with Gasteiger partial charge >= 0.3 is 5.97 Å². The molecule has 0 amide bonds. The molecule has 0 radical (unpaired) electrons. The Kier molecular flexibility index (Phi) is 3.10. The predicted octanol–water partition coefficient (Wildman–Crippen LogP) is 1.75. The highest BCUT2D eigenvalue weighted by Crippen LogP contribution is 2.62. The first-order chi connectivity index (χ1) is 6.37. The Bertz CT molecular complexity index is 262. The number of aliphatic carboxylic acids is 1. The summed E-state index contributed by atoms with van der Waals surface area (Å²) in [5.41, 5.74) is 6.30. The summed E-state index contributed by atoms with van der Waals surface area (Å²) in [5, 5.41) is 9.11. The standard InChI is InChI=1S/C11H19NO2.ClH/c1-5-6-4-7(11(6,2)3)9(12)8(5)10(13)14;/h5-9H,4,12H2,1-3H3,(H,13,14);1H. The molecular weight excluding hydrogens is 214 g/mol. The number of carboxylic acids is 1. The van der Waals surface area contributed by atoms with E-state index in [9.17, 15) is 4.79 Å². The molecule has 0 saturated heterocycles. The van der Waals surface area contributed by atoms with Crippen molar-refractivity contribution < 1.29 is 9.90 Å². The van der Waals surface area contributed by atoms with E-state index in [-0.39, 0.29) is 35.7 Å². The minimum absolute atomic E-state index is 0. The molecule has 0 aliphatic heterocycles. The zero-order valence-corrected chi connectivity index (χ0v) is 10.3. The summed E-state index contributed by atoms with van der Waals surface area (Å²) in [6.07, 6.45) is 1.12. The van der Waals surface area contributed by atoms with E-state index in [1.54, 1.807) is 0 Å². The number of carboxylic acid groups (broad SMARTS) is 1. The number of fused-ring (bicyclic) bond motifs is 2. The third-order valence-electron chi connectivity index (χ3n) is 4.78. The molecule has 3 N–H and O–H groups in total. The van der Waals surface area contributed by atoms with Gasteiger partial charge < -0.3 is 10.8 Å². The van der Waals surface area contributed by atoms with Crippen molar-refractivity contribution in [3.05, 3.63) is 0 Å². The van der Waals surface area contributed by atoms with Crippen LogP contribution in [-0.2, 0) is 4.79 Å². The molecule has 3 rings (SSSR count). The number of hydrogen-bond acceptors (Lipinski definition) is 2. The van der Waals surface area contributed by atoms with Crippen LogP contribution in [0.2, 0.25) is 0 Å². The minimum Gasteiger partial charge on any atom is -0.481 e. The van der Waals surface area contributed by atoms with Gasteiger partial charge in [0, 0.05) is 6.04 Å². The average Bonchev–Trinajstić information content (AvgIpc) is 2.00. The van der Waals surface area contributed by atoms with Crippen molar-refractivity contribution in [1.82, 2.24) is 0 Å². The van der Waals surface area contributed by atoms with Crippen LogP contribution >= 0.6 is 12.4 Å². The van der Waals surface area contributed by atoms with Crippen LogP contribution in [-0.4, -0.2) is 17.1 Å². The van der Waals surface area contributed by atoms with Crippen molar-refractivity contribution >= 4 is 18.4 Å². The summed E-state index contributed by atoms with van der Waals surface area (Å²) >= 11 is 0. The van der Waals surface area contributed by atoms with Gasteiger partial charge in [-0.1, -0.05) is 20.8 Å². The van der Waals surface area contributed by atoms with E-state index in [0.29, 0.717) is 11.8 Å². The Hall–Kier alpha value is -0.280. The van der Waals surface area contributed by atoms with Crippen molar-refractivity contribution in [3.8, 4) is 0 Å². The van der Waals surface area contributed by atoms with E-state index in [2.05, 4.69) is 13.8 Å². The number of nitrogens with two attached hydrogens (primary N) is 1. The first-order valence-corrected chi connectivity index (χ1v) is 5.35. The lowest BCUT2D eigenvalue weighted by atomic mass is 9.42. The molecule has 3 aliphatic carbocycles. The molecular formula is C11H20ClNO2. The Morgan fingerprint density at radius 1 is 1.40 bits per heavy atom. The van der Waals surface area contributed by atoms with Gasteiger partial charge in [0.25, 0.3) is 0 Å². The molecule has 4 heteroatoms. The number of hydrogen-bond donors (Lipinski definition) is 2. The van der Waals surface area contributed by atoms with Gasteiger partial charge in [0.1, 0.15) is 0 Å². The van der Waals surface area contributed by atoms with Crippen LogP contribution in [0.3, 0.4) is 0 Å². The van der Waals surface area contributed by atoms with Gasteiger partial charge in [0.15, 0.2) is 0 Å². The van der Waals surface area contributed by atoms with Crippen LogP contribution in [0.1, 0.15) is 27.2 Å². The van der Waals surface area contributed by atoms with Gasteiger partial charge in [0.2, 0.25) is 0 Å². The van der Waals surface area contributed by atoms with Gasteiger partial charge in [-0.3, -0.25) is 4.79 Å². The quantitative estimate of drug-likeness (QED) is 0.725. The van der Waals surface area contributed by atoms with Crippen molar-refractivity contribution in [1.29, 1.82) is 0 Å². The molecule has 3 fully saturated rings. The maximum absolute atomic E-state index is 11.1. The van der Waals surface area contributed by atoms with Crippen molar-refractivity contribution in [3.63, 3.8) is 0 Å². The first kappa shape index (κ1) is 12.8. The van der Waals surface area contributed by atoms with E-state index < -0.39 is 5.97 Å². The summed E-state index contributed by atoms with van der Waals surface area (Å²) in [6, 6.07) is -0.150. The second-order valence-corrected chi connectivity index (χ2v) is 5.57. The van der Waals surface area contributed by atoms with E-state index in [1.165, 1.54) is 0 Å². The molecule has 15 heavy (non-hydrogen) atoms. The van der Waals surface area contributed by atoms with E-state index in [1.807, 2.05) is 6.92 Å². The molecule has 0 spiro atoms. The van der Waals surface area contributed by atoms with Crippen LogP contribution in [0.15, 0.2) is 0 Å². The zero-order chi connectivity index (χ0) is 10.7. The first-order valence-electron chi connectivity index (χ1n) is 5.35. The predicted molar refractivity (Wildman–Crippen MR) is 60.9 cm³/mol. The maximum Gasteiger partial charge on any atom is 0.308 e. The Balaban J connectivity index is 0.00000112. The SMILES string of the molecule is CC1C(C(=O)O)C(N)C2CC1C2(C)C.Cl. The molecule has 0 aromatic carbocycles. The summed E-state index contributed by atoms with van der Waals surface area (Å²) in [4.78, 5) is 11.1. The molecule has 0 heterocycles. The molecule has 0 aromatic heterocycles. The second-order valence-electron chi connectivity index (χ2n) is 5.57. The summed E-state index contributed by atoms with van der Waals surface area (Å²) < 4.78 is 0. The fraction of sp³-hybridized carbons (Fsp3) is 0.909. The minimum atomic E-state index is -0.713. The van der Waals surface area contributed by atoms with Gasteiger partial charge in [-0.2, -0.15) is 0 Å². The van der Waals surface area contributed by atoms with E-state index >= 15 is 0 Å². The van der Waals surface area contributed by atoms with Gasteiger partial charge in [-0.05, 0) is 29.6 Å².